The van der Waals surface area contributed by atoms with Crippen molar-refractivity contribution in [3.05, 3.63) is 88.8 Å². The molecule has 146 valence electrons. The number of sulfonamides is 1. The third-order valence-corrected chi connectivity index (χ3v) is 6.05. The van der Waals surface area contributed by atoms with Gasteiger partial charge in [-0.3, -0.25) is 4.79 Å². The smallest absolute Gasteiger partial charge is 0.241 e. The van der Waals surface area contributed by atoms with Gasteiger partial charge in [0.2, 0.25) is 15.9 Å². The molecule has 0 saturated carbocycles. The molecule has 6 nitrogen and oxygen atoms in total. The van der Waals surface area contributed by atoms with E-state index in [4.69, 9.17) is 4.42 Å². The van der Waals surface area contributed by atoms with Gasteiger partial charge in [0, 0.05) is 4.47 Å². The maximum atomic E-state index is 12.8. The highest BCUT2D eigenvalue weighted by Gasteiger charge is 2.26. The molecule has 1 aromatic heterocycles. The van der Waals surface area contributed by atoms with E-state index in [9.17, 15) is 13.2 Å². The molecule has 2 aromatic carbocycles. The molecule has 0 saturated heterocycles. The average Bonchev–Trinajstić information content (AvgIpc) is 3.20. The molecule has 3 rings (SSSR count). The summed E-state index contributed by atoms with van der Waals surface area (Å²) in [4.78, 5) is 12.8. The lowest BCUT2D eigenvalue weighted by Gasteiger charge is -2.18. The summed E-state index contributed by atoms with van der Waals surface area (Å²) in [6.07, 6.45) is 1.74. The lowest BCUT2D eigenvalue weighted by molar-refractivity contribution is -0.122. The maximum absolute atomic E-state index is 12.8. The molecule has 1 heterocycles. The second kappa shape index (κ2) is 9.18. The molecule has 0 aliphatic rings. The Labute approximate surface area is 172 Å². The molecule has 1 unspecified atom stereocenters. The van der Waals surface area contributed by atoms with Crippen LogP contribution >= 0.6 is 15.9 Å². The van der Waals surface area contributed by atoms with E-state index in [2.05, 4.69) is 26.0 Å². The van der Waals surface area contributed by atoms with Crippen molar-refractivity contribution in [1.29, 1.82) is 0 Å². The highest BCUT2D eigenvalue weighted by molar-refractivity contribution is 9.10. The summed E-state index contributed by atoms with van der Waals surface area (Å²) in [6, 6.07) is 18.0. The number of hydrogen-bond donors (Lipinski definition) is 2. The minimum absolute atomic E-state index is 0.0904. The lowest BCUT2D eigenvalue weighted by atomic mass is 10.1. The van der Waals surface area contributed by atoms with Crippen LogP contribution in [0.25, 0.3) is 0 Å². The molecule has 1 atom stereocenters. The minimum atomic E-state index is -3.87. The van der Waals surface area contributed by atoms with Gasteiger partial charge in [-0.1, -0.05) is 46.3 Å². The second-order valence-corrected chi connectivity index (χ2v) is 8.74. The van der Waals surface area contributed by atoms with Crippen LogP contribution in [0.2, 0.25) is 0 Å². The first-order valence-corrected chi connectivity index (χ1v) is 10.8. The second-order valence-electron chi connectivity index (χ2n) is 6.11. The van der Waals surface area contributed by atoms with Crippen molar-refractivity contribution in [2.24, 2.45) is 0 Å². The van der Waals surface area contributed by atoms with Crippen molar-refractivity contribution in [2.45, 2.75) is 23.9 Å². The van der Waals surface area contributed by atoms with E-state index in [1.165, 1.54) is 18.4 Å². The van der Waals surface area contributed by atoms with E-state index in [1.54, 1.807) is 24.3 Å². The molecular weight excluding hydrogens is 444 g/mol. The van der Waals surface area contributed by atoms with Crippen molar-refractivity contribution in [3.8, 4) is 0 Å². The Hall–Kier alpha value is -2.42. The number of benzene rings is 2. The van der Waals surface area contributed by atoms with Crippen LogP contribution < -0.4 is 10.0 Å². The Balaban J connectivity index is 1.78. The third-order valence-electron chi connectivity index (χ3n) is 4.04. The molecule has 0 radical (unpaired) electrons. The van der Waals surface area contributed by atoms with Crippen molar-refractivity contribution >= 4 is 31.9 Å². The summed E-state index contributed by atoms with van der Waals surface area (Å²) in [5.74, 6) is 0.156. The molecular formula is C20H19BrN2O4S. The van der Waals surface area contributed by atoms with Crippen molar-refractivity contribution < 1.29 is 17.6 Å². The highest BCUT2D eigenvalue weighted by atomic mass is 79.9. The molecule has 0 bridgehead atoms. The number of carbonyl (C=O) groups is 1. The predicted octanol–water partition coefficient (Wildman–Crippen LogP) is 3.25. The summed E-state index contributed by atoms with van der Waals surface area (Å²) >= 11 is 3.28. The summed E-state index contributed by atoms with van der Waals surface area (Å²) in [5.41, 5.74) is 0.846. The topological polar surface area (TPSA) is 88.4 Å². The van der Waals surface area contributed by atoms with E-state index >= 15 is 0 Å². The molecule has 3 aromatic rings. The van der Waals surface area contributed by atoms with Crippen LogP contribution in [-0.2, 0) is 27.8 Å². The minimum Gasteiger partial charge on any atom is -0.467 e. The fourth-order valence-corrected chi connectivity index (χ4v) is 4.08. The van der Waals surface area contributed by atoms with Gasteiger partial charge in [0.1, 0.15) is 11.8 Å². The Kier molecular flexibility index (Phi) is 6.66. The summed E-state index contributed by atoms with van der Waals surface area (Å²) < 4.78 is 34.0. The first-order chi connectivity index (χ1) is 13.4. The van der Waals surface area contributed by atoms with Crippen LogP contribution in [0, 0.1) is 0 Å². The van der Waals surface area contributed by atoms with Gasteiger partial charge in [-0.05, 0) is 48.4 Å². The maximum Gasteiger partial charge on any atom is 0.241 e. The van der Waals surface area contributed by atoms with E-state index < -0.39 is 22.0 Å². The van der Waals surface area contributed by atoms with Crippen LogP contribution in [0.4, 0.5) is 0 Å². The number of rotatable bonds is 8. The Morgan fingerprint density at radius 3 is 2.36 bits per heavy atom. The van der Waals surface area contributed by atoms with Gasteiger partial charge in [-0.15, -0.1) is 0 Å². The molecule has 0 spiro atoms. The van der Waals surface area contributed by atoms with E-state index in [1.807, 2.05) is 30.3 Å². The molecule has 0 aliphatic heterocycles. The van der Waals surface area contributed by atoms with Gasteiger partial charge in [0.25, 0.3) is 0 Å². The van der Waals surface area contributed by atoms with Crippen molar-refractivity contribution in [2.75, 3.05) is 0 Å². The van der Waals surface area contributed by atoms with Crippen molar-refractivity contribution in [3.63, 3.8) is 0 Å². The molecule has 8 heteroatoms. The molecule has 28 heavy (non-hydrogen) atoms. The number of amides is 1. The van der Waals surface area contributed by atoms with Gasteiger partial charge < -0.3 is 9.73 Å². The lowest BCUT2D eigenvalue weighted by Crippen LogP contribution is -2.47. The van der Waals surface area contributed by atoms with Gasteiger partial charge in [0.05, 0.1) is 17.7 Å². The Bertz CT molecular complexity index is 1000. The van der Waals surface area contributed by atoms with Gasteiger partial charge in [-0.2, -0.15) is 4.72 Å². The van der Waals surface area contributed by atoms with Crippen LogP contribution in [-0.4, -0.2) is 20.4 Å². The predicted molar refractivity (Wildman–Crippen MR) is 109 cm³/mol. The molecule has 1 amide bonds. The van der Waals surface area contributed by atoms with Crippen LogP contribution in [0.5, 0.6) is 0 Å². The Morgan fingerprint density at radius 1 is 1.00 bits per heavy atom. The van der Waals surface area contributed by atoms with Crippen LogP contribution in [0.3, 0.4) is 0 Å². The van der Waals surface area contributed by atoms with Gasteiger partial charge in [-0.25, -0.2) is 8.42 Å². The quantitative estimate of drug-likeness (QED) is 0.537. The van der Waals surface area contributed by atoms with Crippen LogP contribution in [0.1, 0.15) is 11.3 Å². The summed E-state index contributed by atoms with van der Waals surface area (Å²) in [7, 11) is -3.87. The SMILES string of the molecule is O=C(NCc1ccco1)C(Cc1ccccc1)NS(=O)(=O)c1ccc(Br)cc1. The number of carbonyl (C=O) groups excluding carboxylic acids is 1. The van der Waals surface area contributed by atoms with Gasteiger partial charge in [0.15, 0.2) is 0 Å². The summed E-state index contributed by atoms with van der Waals surface area (Å²) in [6.45, 7) is 0.178. The number of halogens is 1. The monoisotopic (exact) mass is 462 g/mol. The van der Waals surface area contributed by atoms with Gasteiger partial charge >= 0.3 is 0 Å². The zero-order valence-corrected chi connectivity index (χ0v) is 17.2. The fraction of sp³-hybridized carbons (Fsp3) is 0.150. The van der Waals surface area contributed by atoms with E-state index in [-0.39, 0.29) is 17.9 Å². The zero-order valence-electron chi connectivity index (χ0n) is 14.8. The van der Waals surface area contributed by atoms with Crippen LogP contribution in [0.15, 0.2) is 86.8 Å². The standard InChI is InChI=1S/C20H19BrN2O4S/c21-16-8-10-18(11-9-16)28(25,26)23-19(13-15-5-2-1-3-6-15)20(24)22-14-17-7-4-12-27-17/h1-12,19,23H,13-14H2,(H,22,24). The number of nitrogens with one attached hydrogen (secondary N) is 2. The normalized spacial score (nSPS) is 12.5. The first-order valence-electron chi connectivity index (χ1n) is 8.56. The first kappa shape index (κ1) is 20.3. The zero-order chi connectivity index (χ0) is 20.0. The van der Waals surface area contributed by atoms with Crippen molar-refractivity contribution in [1.82, 2.24) is 10.0 Å². The fourth-order valence-electron chi connectivity index (χ4n) is 2.62. The molecule has 2 N–H and O–H groups in total. The molecule has 0 fully saturated rings. The average molecular weight is 463 g/mol. The largest absolute Gasteiger partial charge is 0.467 e. The van der Waals surface area contributed by atoms with E-state index in [0.717, 1.165) is 10.0 Å². The third kappa shape index (κ3) is 5.54. The highest BCUT2D eigenvalue weighted by Crippen LogP contribution is 2.16. The summed E-state index contributed by atoms with van der Waals surface area (Å²) in [5, 5.41) is 2.72. The number of hydrogen-bond acceptors (Lipinski definition) is 4. The number of furan rings is 1. The van der Waals surface area contributed by atoms with E-state index in [0.29, 0.717) is 5.76 Å². The Morgan fingerprint density at radius 2 is 1.71 bits per heavy atom. The molecule has 0 aliphatic carbocycles.